The standard InChI is InChI=1S/C20H22O2/c21-14-18-12-7-13-19(20(18)17-10-5-2-6-11-17)22-15-16-8-3-1-4-9-16/h1,3-4,7-9,12-14,17H,2,5-6,10-11,15H2. The van der Waals surface area contributed by atoms with E-state index in [1.807, 2.05) is 36.4 Å². The first-order chi connectivity index (χ1) is 10.9. The van der Waals surface area contributed by atoms with Gasteiger partial charge in [0.15, 0.2) is 0 Å². The quantitative estimate of drug-likeness (QED) is 0.715. The number of benzene rings is 2. The minimum Gasteiger partial charge on any atom is -0.489 e. The maximum absolute atomic E-state index is 11.4. The molecule has 0 spiro atoms. The normalized spacial score (nSPS) is 15.5. The molecule has 0 aromatic heterocycles. The van der Waals surface area contributed by atoms with Crippen molar-refractivity contribution in [2.75, 3.05) is 0 Å². The Morgan fingerprint density at radius 2 is 1.73 bits per heavy atom. The monoisotopic (exact) mass is 294 g/mol. The summed E-state index contributed by atoms with van der Waals surface area (Å²) in [6.45, 7) is 0.545. The van der Waals surface area contributed by atoms with Crippen LogP contribution in [-0.4, -0.2) is 6.29 Å². The molecule has 3 rings (SSSR count). The second kappa shape index (κ2) is 7.26. The fourth-order valence-corrected chi connectivity index (χ4v) is 3.35. The molecule has 0 atom stereocenters. The van der Waals surface area contributed by atoms with Crippen molar-refractivity contribution in [1.82, 2.24) is 0 Å². The number of hydrogen-bond acceptors (Lipinski definition) is 2. The lowest BCUT2D eigenvalue weighted by Gasteiger charge is -2.25. The van der Waals surface area contributed by atoms with Crippen LogP contribution in [0.4, 0.5) is 0 Å². The summed E-state index contributed by atoms with van der Waals surface area (Å²) in [6, 6.07) is 16.0. The zero-order chi connectivity index (χ0) is 15.2. The smallest absolute Gasteiger partial charge is 0.150 e. The molecule has 2 nitrogen and oxygen atoms in total. The highest BCUT2D eigenvalue weighted by Gasteiger charge is 2.22. The number of carbonyl (C=O) groups is 1. The molecule has 2 aromatic rings. The summed E-state index contributed by atoms with van der Waals surface area (Å²) in [5.41, 5.74) is 3.05. The van der Waals surface area contributed by atoms with Crippen molar-refractivity contribution >= 4 is 6.29 Å². The number of ether oxygens (including phenoxy) is 1. The summed E-state index contributed by atoms with van der Waals surface area (Å²) in [6.07, 6.45) is 7.09. The van der Waals surface area contributed by atoms with Crippen molar-refractivity contribution < 1.29 is 9.53 Å². The van der Waals surface area contributed by atoms with Gasteiger partial charge in [-0.05, 0) is 30.4 Å². The fraction of sp³-hybridized carbons (Fsp3) is 0.350. The zero-order valence-corrected chi connectivity index (χ0v) is 12.8. The van der Waals surface area contributed by atoms with Crippen molar-refractivity contribution in [1.29, 1.82) is 0 Å². The van der Waals surface area contributed by atoms with Gasteiger partial charge in [0, 0.05) is 11.1 Å². The van der Waals surface area contributed by atoms with E-state index in [0.29, 0.717) is 12.5 Å². The average molecular weight is 294 g/mol. The first kappa shape index (κ1) is 14.8. The van der Waals surface area contributed by atoms with E-state index in [4.69, 9.17) is 4.74 Å². The van der Waals surface area contributed by atoms with Crippen LogP contribution in [0.1, 0.15) is 59.5 Å². The van der Waals surface area contributed by atoms with Gasteiger partial charge in [0.2, 0.25) is 0 Å². The molecule has 0 unspecified atom stereocenters. The summed E-state index contributed by atoms with van der Waals surface area (Å²) in [5.74, 6) is 1.33. The molecular weight excluding hydrogens is 272 g/mol. The Hall–Kier alpha value is -2.09. The number of rotatable bonds is 5. The molecule has 1 saturated carbocycles. The van der Waals surface area contributed by atoms with Gasteiger partial charge in [0.1, 0.15) is 18.6 Å². The highest BCUT2D eigenvalue weighted by Crippen LogP contribution is 2.39. The molecule has 0 bridgehead atoms. The molecule has 0 N–H and O–H groups in total. The van der Waals surface area contributed by atoms with Crippen LogP contribution in [0, 0.1) is 0 Å². The predicted octanol–water partition coefficient (Wildman–Crippen LogP) is 5.13. The molecule has 0 amide bonds. The molecule has 2 aromatic carbocycles. The minimum atomic E-state index is 0.459. The van der Waals surface area contributed by atoms with E-state index in [2.05, 4.69) is 12.1 Å². The first-order valence-electron chi connectivity index (χ1n) is 8.13. The average Bonchev–Trinajstić information content (AvgIpc) is 2.61. The van der Waals surface area contributed by atoms with E-state index in [9.17, 15) is 4.79 Å². The Morgan fingerprint density at radius 3 is 2.45 bits per heavy atom. The predicted molar refractivity (Wildman–Crippen MR) is 88.4 cm³/mol. The van der Waals surface area contributed by atoms with Crippen molar-refractivity contribution in [2.24, 2.45) is 0 Å². The zero-order valence-electron chi connectivity index (χ0n) is 12.8. The highest BCUT2D eigenvalue weighted by atomic mass is 16.5. The molecule has 0 aliphatic heterocycles. The van der Waals surface area contributed by atoms with Gasteiger partial charge in [-0.3, -0.25) is 4.79 Å². The second-order valence-corrected chi connectivity index (χ2v) is 5.99. The fourth-order valence-electron chi connectivity index (χ4n) is 3.35. The summed E-state index contributed by atoms with van der Waals surface area (Å²) in [5, 5.41) is 0. The largest absolute Gasteiger partial charge is 0.489 e. The Kier molecular flexibility index (Phi) is 4.89. The van der Waals surface area contributed by atoms with Crippen LogP contribution in [0.15, 0.2) is 48.5 Å². The lowest BCUT2D eigenvalue weighted by Crippen LogP contribution is -2.10. The summed E-state index contributed by atoms with van der Waals surface area (Å²) >= 11 is 0. The molecule has 0 radical (unpaired) electrons. The number of aldehydes is 1. The summed E-state index contributed by atoms with van der Waals surface area (Å²) < 4.78 is 6.06. The maximum Gasteiger partial charge on any atom is 0.150 e. The van der Waals surface area contributed by atoms with Gasteiger partial charge >= 0.3 is 0 Å². The summed E-state index contributed by atoms with van der Waals surface area (Å²) in [4.78, 5) is 11.4. The van der Waals surface area contributed by atoms with Gasteiger partial charge in [0.25, 0.3) is 0 Å². The van der Waals surface area contributed by atoms with Gasteiger partial charge in [-0.15, -0.1) is 0 Å². The van der Waals surface area contributed by atoms with Crippen LogP contribution in [0.2, 0.25) is 0 Å². The third kappa shape index (κ3) is 3.38. The van der Waals surface area contributed by atoms with Crippen LogP contribution in [0.3, 0.4) is 0 Å². The van der Waals surface area contributed by atoms with E-state index in [0.717, 1.165) is 41.6 Å². The molecular formula is C20H22O2. The Labute approximate surface area is 132 Å². The van der Waals surface area contributed by atoms with E-state index in [-0.39, 0.29) is 0 Å². The van der Waals surface area contributed by atoms with Crippen molar-refractivity contribution in [3.8, 4) is 5.75 Å². The third-order valence-corrected chi connectivity index (χ3v) is 4.48. The minimum absolute atomic E-state index is 0.459. The Balaban J connectivity index is 1.84. The highest BCUT2D eigenvalue weighted by molar-refractivity contribution is 5.79. The Bertz CT molecular complexity index is 613. The van der Waals surface area contributed by atoms with Gasteiger partial charge in [-0.2, -0.15) is 0 Å². The van der Waals surface area contributed by atoms with Crippen LogP contribution in [-0.2, 0) is 6.61 Å². The van der Waals surface area contributed by atoms with Crippen molar-refractivity contribution in [3.63, 3.8) is 0 Å². The lowest BCUT2D eigenvalue weighted by atomic mass is 9.82. The maximum atomic E-state index is 11.4. The van der Waals surface area contributed by atoms with Gasteiger partial charge in [-0.1, -0.05) is 61.7 Å². The molecule has 1 aliphatic rings. The molecule has 1 aliphatic carbocycles. The summed E-state index contributed by atoms with van der Waals surface area (Å²) in [7, 11) is 0. The van der Waals surface area contributed by atoms with Crippen molar-refractivity contribution in [3.05, 3.63) is 65.2 Å². The third-order valence-electron chi connectivity index (χ3n) is 4.48. The van der Waals surface area contributed by atoms with Crippen LogP contribution in [0.5, 0.6) is 5.75 Å². The van der Waals surface area contributed by atoms with E-state index >= 15 is 0 Å². The molecule has 1 fully saturated rings. The number of carbonyl (C=O) groups excluding carboxylic acids is 1. The molecule has 2 heteroatoms. The molecule has 0 heterocycles. The SMILES string of the molecule is O=Cc1cccc(OCc2ccccc2)c1C1CCCCC1. The Morgan fingerprint density at radius 1 is 0.955 bits per heavy atom. The molecule has 114 valence electrons. The topological polar surface area (TPSA) is 26.3 Å². The van der Waals surface area contributed by atoms with E-state index in [1.54, 1.807) is 0 Å². The van der Waals surface area contributed by atoms with Crippen molar-refractivity contribution in [2.45, 2.75) is 44.6 Å². The first-order valence-corrected chi connectivity index (χ1v) is 8.13. The second-order valence-electron chi connectivity index (χ2n) is 5.99. The molecule has 22 heavy (non-hydrogen) atoms. The van der Waals surface area contributed by atoms with Crippen LogP contribution in [0.25, 0.3) is 0 Å². The van der Waals surface area contributed by atoms with Gasteiger partial charge in [-0.25, -0.2) is 0 Å². The van der Waals surface area contributed by atoms with E-state index in [1.165, 1.54) is 19.3 Å². The van der Waals surface area contributed by atoms with Gasteiger partial charge in [0.05, 0.1) is 0 Å². The van der Waals surface area contributed by atoms with Crippen LogP contribution < -0.4 is 4.74 Å². The van der Waals surface area contributed by atoms with Crippen LogP contribution >= 0.6 is 0 Å². The lowest BCUT2D eigenvalue weighted by molar-refractivity contribution is 0.112. The van der Waals surface area contributed by atoms with E-state index < -0.39 is 0 Å². The molecule has 0 saturated heterocycles. The van der Waals surface area contributed by atoms with Gasteiger partial charge < -0.3 is 4.74 Å². The number of hydrogen-bond donors (Lipinski definition) is 0.